The Morgan fingerprint density at radius 2 is 1.95 bits per heavy atom. The van der Waals surface area contributed by atoms with Crippen LogP contribution in [0.1, 0.15) is 44.6 Å². The van der Waals surface area contributed by atoms with Crippen molar-refractivity contribution in [3.8, 4) is 0 Å². The van der Waals surface area contributed by atoms with Crippen molar-refractivity contribution in [3.05, 3.63) is 35.6 Å². The highest BCUT2D eigenvalue weighted by molar-refractivity contribution is 5.17. The van der Waals surface area contributed by atoms with Crippen LogP contribution in [0, 0.1) is 17.7 Å². The van der Waals surface area contributed by atoms with Crippen molar-refractivity contribution in [1.82, 2.24) is 5.32 Å². The largest absolute Gasteiger partial charge is 0.317 e. The highest BCUT2D eigenvalue weighted by atomic mass is 19.1. The van der Waals surface area contributed by atoms with E-state index in [-0.39, 0.29) is 5.82 Å². The lowest BCUT2D eigenvalue weighted by Crippen LogP contribution is -2.39. The molecule has 19 heavy (non-hydrogen) atoms. The van der Waals surface area contributed by atoms with Gasteiger partial charge >= 0.3 is 0 Å². The van der Waals surface area contributed by atoms with Gasteiger partial charge in [-0.3, -0.25) is 0 Å². The molecule has 1 aromatic carbocycles. The van der Waals surface area contributed by atoms with E-state index >= 15 is 0 Å². The quantitative estimate of drug-likeness (QED) is 0.840. The zero-order chi connectivity index (χ0) is 13.7. The van der Waals surface area contributed by atoms with Gasteiger partial charge in [0.05, 0.1) is 0 Å². The molecule has 1 N–H and O–H groups in total. The Labute approximate surface area is 116 Å². The molecular weight excluding hydrogens is 237 g/mol. The fourth-order valence-corrected chi connectivity index (χ4v) is 3.56. The van der Waals surface area contributed by atoms with Gasteiger partial charge in [-0.05, 0) is 62.3 Å². The monoisotopic (exact) mass is 263 g/mol. The third kappa shape index (κ3) is 4.04. The Kier molecular flexibility index (Phi) is 5.38. The van der Waals surface area contributed by atoms with Crippen LogP contribution in [0.5, 0.6) is 0 Å². The van der Waals surface area contributed by atoms with E-state index in [0.717, 1.165) is 12.3 Å². The van der Waals surface area contributed by atoms with Crippen molar-refractivity contribution in [2.24, 2.45) is 11.8 Å². The molecule has 1 aliphatic rings. The standard InChI is InChI=1S/C17H26FN/c1-3-4-13-7-10-17(19-2)15(11-13)12-14-5-8-16(18)9-6-14/h5-6,8-9,13,15,17,19H,3-4,7,10-12H2,1-2H3. The van der Waals surface area contributed by atoms with Crippen LogP contribution in [0.3, 0.4) is 0 Å². The molecule has 1 aromatic rings. The van der Waals surface area contributed by atoms with Gasteiger partial charge in [0.25, 0.3) is 0 Å². The molecule has 0 saturated heterocycles. The fourth-order valence-electron chi connectivity index (χ4n) is 3.56. The first-order valence-corrected chi connectivity index (χ1v) is 7.64. The second-order valence-corrected chi connectivity index (χ2v) is 5.95. The maximum Gasteiger partial charge on any atom is 0.123 e. The topological polar surface area (TPSA) is 12.0 Å². The normalized spacial score (nSPS) is 27.4. The van der Waals surface area contributed by atoms with Crippen molar-refractivity contribution in [1.29, 1.82) is 0 Å². The summed E-state index contributed by atoms with van der Waals surface area (Å²) in [5, 5.41) is 3.47. The van der Waals surface area contributed by atoms with E-state index in [1.807, 2.05) is 12.1 Å². The van der Waals surface area contributed by atoms with Gasteiger partial charge in [-0.1, -0.05) is 31.9 Å². The van der Waals surface area contributed by atoms with Gasteiger partial charge in [0.2, 0.25) is 0 Å². The maximum atomic E-state index is 13.0. The summed E-state index contributed by atoms with van der Waals surface area (Å²) in [6, 6.07) is 7.65. The van der Waals surface area contributed by atoms with Crippen molar-refractivity contribution in [2.75, 3.05) is 7.05 Å². The van der Waals surface area contributed by atoms with Crippen molar-refractivity contribution >= 4 is 0 Å². The Morgan fingerprint density at radius 3 is 2.58 bits per heavy atom. The van der Waals surface area contributed by atoms with Crippen LogP contribution >= 0.6 is 0 Å². The Balaban J connectivity index is 1.99. The maximum absolute atomic E-state index is 13.0. The number of hydrogen-bond donors (Lipinski definition) is 1. The average molecular weight is 263 g/mol. The highest BCUT2D eigenvalue weighted by Gasteiger charge is 2.29. The SMILES string of the molecule is CCCC1CCC(NC)C(Cc2ccc(F)cc2)C1. The van der Waals surface area contributed by atoms with Gasteiger partial charge in [-0.15, -0.1) is 0 Å². The number of rotatable bonds is 5. The molecule has 0 aliphatic heterocycles. The predicted octanol–water partition coefficient (Wildman–Crippen LogP) is 4.17. The van der Waals surface area contributed by atoms with Gasteiger partial charge in [0.15, 0.2) is 0 Å². The molecule has 0 radical (unpaired) electrons. The molecule has 2 rings (SSSR count). The van der Waals surface area contributed by atoms with E-state index in [4.69, 9.17) is 0 Å². The molecular formula is C17H26FN. The average Bonchev–Trinajstić information content (AvgIpc) is 2.42. The van der Waals surface area contributed by atoms with E-state index < -0.39 is 0 Å². The summed E-state index contributed by atoms with van der Waals surface area (Å²) in [7, 11) is 2.07. The zero-order valence-electron chi connectivity index (χ0n) is 12.2. The van der Waals surface area contributed by atoms with Gasteiger partial charge in [0, 0.05) is 6.04 Å². The Hall–Kier alpha value is -0.890. The van der Waals surface area contributed by atoms with Gasteiger partial charge in [0.1, 0.15) is 5.82 Å². The first-order valence-electron chi connectivity index (χ1n) is 7.64. The lowest BCUT2D eigenvalue weighted by atomic mass is 9.74. The summed E-state index contributed by atoms with van der Waals surface area (Å²) >= 11 is 0. The molecule has 3 unspecified atom stereocenters. The molecule has 106 valence electrons. The molecule has 2 heteroatoms. The van der Waals surface area contributed by atoms with Gasteiger partial charge < -0.3 is 5.32 Å². The highest BCUT2D eigenvalue weighted by Crippen LogP contribution is 2.34. The summed E-state index contributed by atoms with van der Waals surface area (Å²) in [6.07, 6.45) is 7.68. The minimum atomic E-state index is -0.138. The molecule has 1 fully saturated rings. The fraction of sp³-hybridized carbons (Fsp3) is 0.647. The summed E-state index contributed by atoms with van der Waals surface area (Å²) < 4.78 is 13.0. The smallest absolute Gasteiger partial charge is 0.123 e. The predicted molar refractivity (Wildman–Crippen MR) is 78.7 cm³/mol. The molecule has 0 bridgehead atoms. The van der Waals surface area contributed by atoms with Gasteiger partial charge in [-0.2, -0.15) is 0 Å². The van der Waals surface area contributed by atoms with Crippen LogP contribution in [0.2, 0.25) is 0 Å². The third-order valence-electron chi connectivity index (χ3n) is 4.57. The van der Waals surface area contributed by atoms with Crippen LogP contribution in [0.25, 0.3) is 0 Å². The van der Waals surface area contributed by atoms with E-state index in [1.165, 1.54) is 37.7 Å². The lowest BCUT2D eigenvalue weighted by Gasteiger charge is -2.36. The molecule has 0 amide bonds. The molecule has 1 nitrogen and oxygen atoms in total. The van der Waals surface area contributed by atoms with E-state index in [9.17, 15) is 4.39 Å². The summed E-state index contributed by atoms with van der Waals surface area (Å²) in [5.41, 5.74) is 1.27. The van der Waals surface area contributed by atoms with Crippen molar-refractivity contribution in [2.45, 2.75) is 51.5 Å². The van der Waals surface area contributed by atoms with E-state index in [0.29, 0.717) is 12.0 Å². The summed E-state index contributed by atoms with van der Waals surface area (Å²) in [5.74, 6) is 1.45. The molecule has 0 aromatic heterocycles. The molecule has 0 heterocycles. The van der Waals surface area contributed by atoms with E-state index in [2.05, 4.69) is 19.3 Å². The Morgan fingerprint density at radius 1 is 1.21 bits per heavy atom. The first kappa shape index (κ1) is 14.5. The van der Waals surface area contributed by atoms with Gasteiger partial charge in [-0.25, -0.2) is 4.39 Å². The Bertz CT molecular complexity index is 373. The number of nitrogens with one attached hydrogen (secondary N) is 1. The molecule has 1 aliphatic carbocycles. The van der Waals surface area contributed by atoms with Crippen LogP contribution in [0.4, 0.5) is 4.39 Å². The third-order valence-corrected chi connectivity index (χ3v) is 4.57. The number of halogens is 1. The van der Waals surface area contributed by atoms with Crippen LogP contribution in [-0.2, 0) is 6.42 Å². The zero-order valence-corrected chi connectivity index (χ0v) is 12.2. The van der Waals surface area contributed by atoms with Crippen molar-refractivity contribution in [3.63, 3.8) is 0 Å². The minimum Gasteiger partial charge on any atom is -0.317 e. The minimum absolute atomic E-state index is 0.138. The molecule has 1 saturated carbocycles. The molecule has 3 atom stereocenters. The summed E-state index contributed by atoms with van der Waals surface area (Å²) in [4.78, 5) is 0. The van der Waals surface area contributed by atoms with Crippen molar-refractivity contribution < 1.29 is 4.39 Å². The second kappa shape index (κ2) is 7.04. The second-order valence-electron chi connectivity index (χ2n) is 5.95. The number of hydrogen-bond acceptors (Lipinski definition) is 1. The number of benzene rings is 1. The molecule has 0 spiro atoms. The van der Waals surface area contributed by atoms with Crippen LogP contribution in [-0.4, -0.2) is 13.1 Å². The lowest BCUT2D eigenvalue weighted by molar-refractivity contribution is 0.200. The van der Waals surface area contributed by atoms with Crippen LogP contribution < -0.4 is 5.32 Å². The van der Waals surface area contributed by atoms with Crippen LogP contribution in [0.15, 0.2) is 24.3 Å². The first-order chi connectivity index (χ1) is 9.22. The summed E-state index contributed by atoms with van der Waals surface area (Å²) in [6.45, 7) is 2.28. The van der Waals surface area contributed by atoms with E-state index in [1.54, 1.807) is 12.1 Å².